The van der Waals surface area contributed by atoms with Crippen LogP contribution in [-0.2, 0) is 13.3 Å². The molecule has 0 radical (unpaired) electrons. The largest absolute Gasteiger partial charge is 0.500 e. The molecule has 0 saturated carbocycles. The Kier molecular flexibility index (Phi) is 15.6. The van der Waals surface area contributed by atoms with Gasteiger partial charge in [0.2, 0.25) is 0 Å². The van der Waals surface area contributed by atoms with Gasteiger partial charge >= 0.3 is 8.80 Å². The van der Waals surface area contributed by atoms with Gasteiger partial charge in [-0.25, -0.2) is 0 Å². The highest BCUT2D eigenvalue weighted by molar-refractivity contribution is 6.60. The summed E-state index contributed by atoms with van der Waals surface area (Å²) < 4.78 is 16.9. The molecule has 0 aliphatic rings. The Morgan fingerprint density at radius 1 is 0.900 bits per heavy atom. The van der Waals surface area contributed by atoms with Crippen LogP contribution in [0.15, 0.2) is 0 Å². The predicted molar refractivity (Wildman–Crippen MR) is 85.7 cm³/mol. The fourth-order valence-electron chi connectivity index (χ4n) is 1.67. The van der Waals surface area contributed by atoms with E-state index in [0.717, 1.165) is 18.9 Å². The van der Waals surface area contributed by atoms with Gasteiger partial charge in [-0.15, -0.1) is 0 Å². The molecule has 0 aromatic rings. The molecular weight excluding hydrogens is 274 g/mol. The summed E-state index contributed by atoms with van der Waals surface area (Å²) in [5.41, 5.74) is 0. The van der Waals surface area contributed by atoms with Gasteiger partial charge in [0.05, 0.1) is 0 Å². The van der Waals surface area contributed by atoms with Crippen LogP contribution in [0.4, 0.5) is 0 Å². The highest BCUT2D eigenvalue weighted by atomic mass is 28.4. The quantitative estimate of drug-likeness (QED) is 0.497. The molecule has 0 aliphatic heterocycles. The Hall–Kier alpha value is 0.0169. The molecule has 0 heterocycles. The molecule has 0 aliphatic carbocycles. The van der Waals surface area contributed by atoms with Crippen molar-refractivity contribution in [1.29, 1.82) is 0 Å². The molecule has 20 heavy (non-hydrogen) atoms. The van der Waals surface area contributed by atoms with Gasteiger partial charge in [0.25, 0.3) is 0 Å². The van der Waals surface area contributed by atoms with Crippen LogP contribution in [0.1, 0.15) is 47.5 Å². The van der Waals surface area contributed by atoms with Crippen molar-refractivity contribution >= 4 is 8.80 Å². The van der Waals surface area contributed by atoms with Crippen LogP contribution >= 0.6 is 0 Å². The molecule has 0 bridgehead atoms. The van der Waals surface area contributed by atoms with Gasteiger partial charge in [-0.05, 0) is 41.3 Å². The first-order valence-electron chi connectivity index (χ1n) is 7.69. The van der Waals surface area contributed by atoms with E-state index >= 15 is 0 Å². The Balaban J connectivity index is 0. The lowest BCUT2D eigenvalue weighted by Gasteiger charge is -2.27. The van der Waals surface area contributed by atoms with Gasteiger partial charge in [-0.2, -0.15) is 0 Å². The van der Waals surface area contributed by atoms with Gasteiger partial charge in [-0.3, -0.25) is 4.90 Å². The highest BCUT2D eigenvalue weighted by Gasteiger charge is 2.38. The minimum Gasteiger partial charge on any atom is -0.378 e. The van der Waals surface area contributed by atoms with Crippen molar-refractivity contribution in [2.45, 2.75) is 59.7 Å². The summed E-state index contributed by atoms with van der Waals surface area (Å²) in [5.74, 6) is 0. The van der Waals surface area contributed by atoms with E-state index in [1.807, 2.05) is 41.8 Å². The van der Waals surface area contributed by atoms with Crippen LogP contribution in [0.2, 0.25) is 6.04 Å². The van der Waals surface area contributed by atoms with Gasteiger partial charge in [-0.1, -0.05) is 20.3 Å². The zero-order valence-electron chi connectivity index (χ0n) is 14.4. The lowest BCUT2D eigenvalue weighted by molar-refractivity contribution is 0.0377. The van der Waals surface area contributed by atoms with Crippen molar-refractivity contribution < 1.29 is 18.4 Å². The Morgan fingerprint density at radius 3 is 1.45 bits per heavy atom. The highest BCUT2D eigenvalue weighted by Crippen LogP contribution is 2.17. The van der Waals surface area contributed by atoms with E-state index in [1.54, 1.807) is 4.90 Å². The molecule has 0 amide bonds. The smallest absolute Gasteiger partial charge is 0.378 e. The SMILES string of the molecule is CCC(O)N(C)C.CCC[Si](OCC)(OCC)OCC. The lowest BCUT2D eigenvalue weighted by Crippen LogP contribution is -2.45. The number of hydrogen-bond acceptors (Lipinski definition) is 5. The molecule has 0 fully saturated rings. The first-order chi connectivity index (χ1) is 9.42. The van der Waals surface area contributed by atoms with Crippen LogP contribution in [0.5, 0.6) is 0 Å². The Morgan fingerprint density at radius 2 is 1.30 bits per heavy atom. The second-order valence-corrected chi connectivity index (χ2v) is 7.32. The summed E-state index contributed by atoms with van der Waals surface area (Å²) in [7, 11) is 1.42. The van der Waals surface area contributed by atoms with Crippen molar-refractivity contribution in [3.63, 3.8) is 0 Å². The normalized spacial score (nSPS) is 13.1. The van der Waals surface area contributed by atoms with Crippen LogP contribution in [0.25, 0.3) is 0 Å². The summed E-state index contributed by atoms with van der Waals surface area (Å²) in [6.45, 7) is 12.0. The third kappa shape index (κ3) is 10.8. The molecule has 1 atom stereocenters. The van der Waals surface area contributed by atoms with E-state index in [-0.39, 0.29) is 6.23 Å². The summed E-state index contributed by atoms with van der Waals surface area (Å²) in [6.07, 6.45) is 1.58. The predicted octanol–water partition coefficient (Wildman–Crippen LogP) is 2.72. The van der Waals surface area contributed by atoms with Gasteiger partial charge < -0.3 is 18.4 Å². The summed E-state index contributed by atoms with van der Waals surface area (Å²) in [5, 5.41) is 8.86. The molecule has 0 aromatic heterocycles. The number of hydrogen-bond donors (Lipinski definition) is 1. The van der Waals surface area contributed by atoms with E-state index < -0.39 is 8.80 Å². The third-order valence-corrected chi connectivity index (χ3v) is 5.91. The summed E-state index contributed by atoms with van der Waals surface area (Å²) in [6, 6.07) is 0.919. The maximum absolute atomic E-state index is 8.86. The van der Waals surface area contributed by atoms with E-state index in [4.69, 9.17) is 18.4 Å². The van der Waals surface area contributed by atoms with Gasteiger partial charge in [0.15, 0.2) is 0 Å². The second kappa shape index (κ2) is 14.0. The first kappa shape index (κ1) is 22.3. The maximum Gasteiger partial charge on any atom is 0.500 e. The molecular formula is C14H35NO4Si. The average molecular weight is 310 g/mol. The van der Waals surface area contributed by atoms with E-state index in [1.165, 1.54) is 0 Å². The van der Waals surface area contributed by atoms with Crippen molar-refractivity contribution in [2.75, 3.05) is 33.9 Å². The number of rotatable bonds is 10. The molecule has 0 aromatic carbocycles. The molecule has 124 valence electrons. The van der Waals surface area contributed by atoms with Crippen LogP contribution in [0.3, 0.4) is 0 Å². The number of aliphatic hydroxyl groups excluding tert-OH is 1. The molecule has 6 heteroatoms. The number of nitrogens with zero attached hydrogens (tertiary/aromatic N) is 1. The van der Waals surface area contributed by atoms with Crippen molar-refractivity contribution in [3.05, 3.63) is 0 Å². The summed E-state index contributed by atoms with van der Waals surface area (Å²) >= 11 is 0. The van der Waals surface area contributed by atoms with E-state index in [0.29, 0.717) is 19.8 Å². The van der Waals surface area contributed by atoms with Crippen LogP contribution in [-0.4, -0.2) is 59.0 Å². The van der Waals surface area contributed by atoms with Gasteiger partial charge in [0.1, 0.15) is 6.23 Å². The van der Waals surface area contributed by atoms with Crippen LogP contribution in [0, 0.1) is 0 Å². The minimum atomic E-state index is -2.30. The van der Waals surface area contributed by atoms with Crippen molar-refractivity contribution in [3.8, 4) is 0 Å². The lowest BCUT2D eigenvalue weighted by atomic mass is 10.4. The third-order valence-electron chi connectivity index (χ3n) is 2.61. The molecule has 1 N–H and O–H groups in total. The summed E-state index contributed by atoms with van der Waals surface area (Å²) in [4.78, 5) is 1.78. The monoisotopic (exact) mass is 309 g/mol. The zero-order valence-corrected chi connectivity index (χ0v) is 15.4. The molecule has 0 saturated heterocycles. The minimum absolute atomic E-state index is 0.264. The standard InChI is InChI=1S/C9H22O3Si.C5H13NO/c1-5-9-13(10-6-2,11-7-3)12-8-4;1-4-5(7)6(2)3/h5-9H2,1-4H3;5,7H,4H2,1-3H3. The average Bonchev–Trinajstić information content (AvgIpc) is 2.39. The zero-order chi connectivity index (χ0) is 16.0. The fraction of sp³-hybridized carbons (Fsp3) is 1.00. The van der Waals surface area contributed by atoms with E-state index in [2.05, 4.69) is 6.92 Å². The Bertz CT molecular complexity index is 176. The van der Waals surface area contributed by atoms with Crippen molar-refractivity contribution in [1.82, 2.24) is 4.90 Å². The fourth-order valence-corrected chi connectivity index (χ4v) is 4.29. The van der Waals surface area contributed by atoms with E-state index in [9.17, 15) is 0 Å². The maximum atomic E-state index is 8.86. The van der Waals surface area contributed by atoms with Crippen molar-refractivity contribution in [2.24, 2.45) is 0 Å². The molecule has 0 spiro atoms. The Labute approximate surface area is 126 Å². The topological polar surface area (TPSA) is 51.2 Å². The molecule has 1 unspecified atom stereocenters. The second-order valence-electron chi connectivity index (χ2n) is 4.58. The molecule has 5 nitrogen and oxygen atoms in total. The number of aliphatic hydroxyl groups is 1. The van der Waals surface area contributed by atoms with Crippen LogP contribution < -0.4 is 0 Å². The first-order valence-corrected chi connectivity index (χ1v) is 9.62. The molecule has 0 rings (SSSR count). The van der Waals surface area contributed by atoms with Gasteiger partial charge in [0, 0.05) is 25.9 Å².